The predicted molar refractivity (Wildman–Crippen MR) is 71.5 cm³/mol. The van der Waals surface area contributed by atoms with Gasteiger partial charge in [-0.2, -0.15) is 5.10 Å². The van der Waals surface area contributed by atoms with Gasteiger partial charge in [-0.3, -0.25) is 9.48 Å². The molecule has 1 aromatic heterocycles. The van der Waals surface area contributed by atoms with E-state index < -0.39 is 0 Å². The highest BCUT2D eigenvalue weighted by Gasteiger charge is 2.33. The van der Waals surface area contributed by atoms with Crippen molar-refractivity contribution in [3.8, 4) is 5.75 Å². The number of ether oxygens (including phenoxy) is 2. The van der Waals surface area contributed by atoms with Crippen molar-refractivity contribution in [2.45, 2.75) is 33.2 Å². The molecule has 0 N–H and O–H groups in total. The molecule has 1 aliphatic rings. The molecule has 5 heteroatoms. The van der Waals surface area contributed by atoms with E-state index in [1.54, 1.807) is 18.0 Å². The molecule has 1 aliphatic heterocycles. The van der Waals surface area contributed by atoms with Crippen molar-refractivity contribution in [2.75, 3.05) is 20.3 Å². The van der Waals surface area contributed by atoms with E-state index in [0.717, 1.165) is 19.4 Å². The van der Waals surface area contributed by atoms with E-state index >= 15 is 0 Å². The van der Waals surface area contributed by atoms with E-state index in [0.29, 0.717) is 24.7 Å². The molecule has 2 rings (SSSR count). The summed E-state index contributed by atoms with van der Waals surface area (Å²) in [5, 5.41) is 4.26. The molecule has 0 radical (unpaired) electrons. The van der Waals surface area contributed by atoms with Gasteiger partial charge in [0.15, 0.2) is 11.5 Å². The summed E-state index contributed by atoms with van der Waals surface area (Å²) >= 11 is 0. The van der Waals surface area contributed by atoms with Gasteiger partial charge in [0.25, 0.3) is 0 Å². The van der Waals surface area contributed by atoms with Gasteiger partial charge in [-0.05, 0) is 18.8 Å². The Balaban J connectivity index is 2.28. The summed E-state index contributed by atoms with van der Waals surface area (Å²) in [7, 11) is 1.58. The third-order valence-electron chi connectivity index (χ3n) is 3.67. The van der Waals surface area contributed by atoms with Crippen LogP contribution in [0.2, 0.25) is 0 Å². The second-order valence-electron chi connectivity index (χ2n) is 5.10. The third kappa shape index (κ3) is 2.81. The average Bonchev–Trinajstić information content (AvgIpc) is 2.82. The van der Waals surface area contributed by atoms with Crippen LogP contribution in [0.4, 0.5) is 0 Å². The molecule has 106 valence electrons. The van der Waals surface area contributed by atoms with Crippen molar-refractivity contribution in [3.05, 3.63) is 11.9 Å². The van der Waals surface area contributed by atoms with E-state index in [1.807, 2.05) is 0 Å². The van der Waals surface area contributed by atoms with Gasteiger partial charge in [0.2, 0.25) is 0 Å². The summed E-state index contributed by atoms with van der Waals surface area (Å²) < 4.78 is 12.5. The zero-order valence-electron chi connectivity index (χ0n) is 11.9. The zero-order chi connectivity index (χ0) is 13.8. The quantitative estimate of drug-likeness (QED) is 0.766. The lowest BCUT2D eigenvalue weighted by molar-refractivity contribution is 0.0235. The van der Waals surface area contributed by atoms with Gasteiger partial charge in [0, 0.05) is 25.7 Å². The minimum atomic E-state index is 0.00922. The first kappa shape index (κ1) is 14.1. The number of Topliss-reactive ketones (excluding diaryl/α,β-unsaturated/α-hetero) is 1. The second kappa shape index (κ2) is 6.19. The number of carbonyl (C=O) groups excluding carboxylic acids is 1. The summed E-state index contributed by atoms with van der Waals surface area (Å²) in [6.45, 7) is 6.18. The molecule has 1 saturated heterocycles. The molecule has 0 amide bonds. The van der Waals surface area contributed by atoms with Crippen LogP contribution in [0.25, 0.3) is 0 Å². The Morgan fingerprint density at radius 1 is 1.63 bits per heavy atom. The van der Waals surface area contributed by atoms with E-state index in [4.69, 9.17) is 9.47 Å². The topological polar surface area (TPSA) is 53.4 Å². The van der Waals surface area contributed by atoms with Crippen molar-refractivity contribution in [1.82, 2.24) is 9.78 Å². The van der Waals surface area contributed by atoms with Crippen LogP contribution in [-0.2, 0) is 11.3 Å². The van der Waals surface area contributed by atoms with Crippen LogP contribution in [0.15, 0.2) is 6.20 Å². The van der Waals surface area contributed by atoms with Crippen LogP contribution in [0.3, 0.4) is 0 Å². The number of rotatable bonds is 5. The summed E-state index contributed by atoms with van der Waals surface area (Å²) in [5.41, 5.74) is 0.614. The molecule has 19 heavy (non-hydrogen) atoms. The van der Waals surface area contributed by atoms with E-state index in [2.05, 4.69) is 18.9 Å². The normalized spacial score (nSPS) is 23.3. The maximum absolute atomic E-state index is 12.8. The van der Waals surface area contributed by atoms with E-state index in [-0.39, 0.29) is 17.6 Å². The third-order valence-corrected chi connectivity index (χ3v) is 3.67. The Bertz CT molecular complexity index is 442. The highest BCUT2D eigenvalue weighted by molar-refractivity contribution is 5.99. The van der Waals surface area contributed by atoms with Crippen molar-refractivity contribution < 1.29 is 14.3 Å². The summed E-state index contributed by atoms with van der Waals surface area (Å²) in [6.07, 6.45) is 3.35. The molecule has 0 saturated carbocycles. The first-order valence-corrected chi connectivity index (χ1v) is 6.90. The van der Waals surface area contributed by atoms with Crippen LogP contribution in [0.1, 0.15) is 37.2 Å². The Labute approximate surface area is 113 Å². The molecule has 2 heterocycles. The Kier molecular flexibility index (Phi) is 4.58. The molecule has 2 unspecified atom stereocenters. The van der Waals surface area contributed by atoms with Gasteiger partial charge in [0.05, 0.1) is 13.3 Å². The summed E-state index contributed by atoms with van der Waals surface area (Å²) in [4.78, 5) is 12.8. The highest BCUT2D eigenvalue weighted by atomic mass is 16.5. The highest BCUT2D eigenvalue weighted by Crippen LogP contribution is 2.29. The van der Waals surface area contributed by atoms with Gasteiger partial charge >= 0.3 is 0 Å². The standard InChI is InChI=1S/C14H22N2O3/c1-4-6-16-13(12(18-3)8-15-16)14(17)11-5-7-19-9-10(11)2/h8,10-11H,4-7,9H2,1-3H3. The number of ketones is 1. The first-order valence-electron chi connectivity index (χ1n) is 6.90. The molecule has 0 aromatic carbocycles. The summed E-state index contributed by atoms with van der Waals surface area (Å²) in [6, 6.07) is 0. The maximum Gasteiger partial charge on any atom is 0.188 e. The fourth-order valence-electron chi connectivity index (χ4n) is 2.59. The van der Waals surface area contributed by atoms with Crippen LogP contribution < -0.4 is 4.74 Å². The molecule has 0 spiro atoms. The molecule has 2 atom stereocenters. The lowest BCUT2D eigenvalue weighted by Gasteiger charge is -2.27. The Morgan fingerprint density at radius 2 is 2.42 bits per heavy atom. The van der Waals surface area contributed by atoms with Crippen LogP contribution in [0, 0.1) is 11.8 Å². The number of hydrogen-bond donors (Lipinski definition) is 0. The zero-order valence-corrected chi connectivity index (χ0v) is 11.9. The smallest absolute Gasteiger partial charge is 0.188 e. The molecule has 1 aromatic rings. The average molecular weight is 266 g/mol. The Morgan fingerprint density at radius 3 is 3.05 bits per heavy atom. The van der Waals surface area contributed by atoms with Crippen molar-refractivity contribution in [2.24, 2.45) is 11.8 Å². The van der Waals surface area contributed by atoms with E-state index in [1.165, 1.54) is 0 Å². The first-order chi connectivity index (χ1) is 9.19. The summed E-state index contributed by atoms with van der Waals surface area (Å²) in [5.74, 6) is 0.974. The van der Waals surface area contributed by atoms with E-state index in [9.17, 15) is 4.79 Å². The van der Waals surface area contributed by atoms with Gasteiger partial charge in [-0.25, -0.2) is 0 Å². The monoisotopic (exact) mass is 266 g/mol. The Hall–Kier alpha value is -1.36. The molecule has 0 bridgehead atoms. The van der Waals surface area contributed by atoms with Gasteiger partial charge in [0.1, 0.15) is 5.69 Å². The second-order valence-corrected chi connectivity index (χ2v) is 5.10. The molecular weight excluding hydrogens is 244 g/mol. The molecule has 1 fully saturated rings. The van der Waals surface area contributed by atoms with Gasteiger partial charge < -0.3 is 9.47 Å². The maximum atomic E-state index is 12.8. The predicted octanol–water partition coefficient (Wildman–Crippen LogP) is 2.16. The number of nitrogens with zero attached hydrogens (tertiary/aromatic N) is 2. The van der Waals surface area contributed by atoms with Crippen LogP contribution in [0.5, 0.6) is 5.75 Å². The molecule has 0 aliphatic carbocycles. The minimum Gasteiger partial charge on any atom is -0.493 e. The SMILES string of the molecule is CCCn1ncc(OC)c1C(=O)C1CCOCC1C. The molecular formula is C14H22N2O3. The number of carbonyl (C=O) groups is 1. The number of aromatic nitrogens is 2. The van der Waals surface area contributed by atoms with Crippen molar-refractivity contribution >= 4 is 5.78 Å². The van der Waals surface area contributed by atoms with Crippen LogP contribution in [-0.4, -0.2) is 35.9 Å². The number of hydrogen-bond acceptors (Lipinski definition) is 4. The van der Waals surface area contributed by atoms with Crippen LogP contribution >= 0.6 is 0 Å². The lowest BCUT2D eigenvalue weighted by atomic mass is 9.85. The van der Waals surface area contributed by atoms with Gasteiger partial charge in [-0.15, -0.1) is 0 Å². The fraction of sp³-hybridized carbons (Fsp3) is 0.714. The van der Waals surface area contributed by atoms with Crippen molar-refractivity contribution in [3.63, 3.8) is 0 Å². The fourth-order valence-corrected chi connectivity index (χ4v) is 2.59. The minimum absolute atomic E-state index is 0.00922. The van der Waals surface area contributed by atoms with Gasteiger partial charge in [-0.1, -0.05) is 13.8 Å². The number of methoxy groups -OCH3 is 1. The largest absolute Gasteiger partial charge is 0.493 e. The van der Waals surface area contributed by atoms with Crippen molar-refractivity contribution in [1.29, 1.82) is 0 Å². The molecule has 5 nitrogen and oxygen atoms in total. The number of aryl methyl sites for hydroxylation is 1. The lowest BCUT2D eigenvalue weighted by Crippen LogP contribution is -2.32.